The van der Waals surface area contributed by atoms with E-state index >= 15 is 0 Å². The second kappa shape index (κ2) is 7.74. The summed E-state index contributed by atoms with van der Waals surface area (Å²) in [6.45, 7) is 3.16. The van der Waals surface area contributed by atoms with Gasteiger partial charge in [0.2, 0.25) is 5.91 Å². The zero-order chi connectivity index (χ0) is 17.9. The standard InChI is InChI=1S/C15H18ClF2N3O3/c1-3-24-11(23)6-8(2)19-10(22)7-21-14(9-4-5-9)12(16)13(20-21)15(17)18/h6,9,15H,3-5,7H2,1-2H3,(H,19,22)/b8-6+. The first-order valence-corrected chi connectivity index (χ1v) is 7.90. The van der Waals surface area contributed by atoms with E-state index in [9.17, 15) is 18.4 Å². The molecular formula is C15H18ClF2N3O3. The van der Waals surface area contributed by atoms with E-state index < -0.39 is 24.0 Å². The van der Waals surface area contributed by atoms with Gasteiger partial charge in [-0.3, -0.25) is 9.48 Å². The number of aromatic nitrogens is 2. The molecular weight excluding hydrogens is 344 g/mol. The zero-order valence-electron chi connectivity index (χ0n) is 13.3. The smallest absolute Gasteiger partial charge is 0.332 e. The van der Waals surface area contributed by atoms with E-state index in [0.29, 0.717) is 11.4 Å². The summed E-state index contributed by atoms with van der Waals surface area (Å²) in [4.78, 5) is 23.4. The van der Waals surface area contributed by atoms with Crippen LogP contribution in [0.2, 0.25) is 5.02 Å². The summed E-state index contributed by atoms with van der Waals surface area (Å²) in [6, 6.07) is 0. The molecule has 1 aliphatic carbocycles. The number of nitrogens with zero attached hydrogens (tertiary/aromatic N) is 2. The summed E-state index contributed by atoms with van der Waals surface area (Å²) in [6.07, 6.45) is 0.00327. The van der Waals surface area contributed by atoms with Gasteiger partial charge in [-0.1, -0.05) is 11.6 Å². The Kier molecular flexibility index (Phi) is 5.93. The average Bonchev–Trinajstić information content (AvgIpc) is 3.23. The van der Waals surface area contributed by atoms with Crippen molar-refractivity contribution in [1.29, 1.82) is 0 Å². The molecule has 0 spiro atoms. The minimum Gasteiger partial charge on any atom is -0.463 e. The topological polar surface area (TPSA) is 73.2 Å². The lowest BCUT2D eigenvalue weighted by molar-refractivity contribution is -0.137. The fraction of sp³-hybridized carbons (Fsp3) is 0.533. The van der Waals surface area contributed by atoms with E-state index in [4.69, 9.17) is 16.3 Å². The molecule has 1 aromatic heterocycles. The molecule has 1 heterocycles. The third-order valence-corrected chi connectivity index (χ3v) is 3.77. The zero-order valence-corrected chi connectivity index (χ0v) is 14.1. The quantitative estimate of drug-likeness (QED) is 0.598. The molecule has 0 saturated heterocycles. The summed E-state index contributed by atoms with van der Waals surface area (Å²) in [5.41, 5.74) is 0.248. The molecule has 1 saturated carbocycles. The highest BCUT2D eigenvalue weighted by Gasteiger charge is 2.34. The number of carbonyl (C=O) groups is 2. The van der Waals surface area contributed by atoms with Crippen LogP contribution in [-0.2, 0) is 20.9 Å². The first-order chi connectivity index (χ1) is 11.3. The number of hydrogen-bond donors (Lipinski definition) is 1. The van der Waals surface area contributed by atoms with Crippen molar-refractivity contribution in [2.45, 2.75) is 45.6 Å². The summed E-state index contributed by atoms with van der Waals surface area (Å²) in [5.74, 6) is -1.01. The molecule has 0 bridgehead atoms. The van der Waals surface area contributed by atoms with Crippen LogP contribution in [0.1, 0.15) is 50.4 Å². The first kappa shape index (κ1) is 18.4. The lowest BCUT2D eigenvalue weighted by atomic mass is 10.2. The summed E-state index contributed by atoms with van der Waals surface area (Å²) >= 11 is 5.98. The second-order valence-electron chi connectivity index (χ2n) is 5.44. The lowest BCUT2D eigenvalue weighted by Crippen LogP contribution is -2.27. The maximum absolute atomic E-state index is 12.9. The monoisotopic (exact) mass is 361 g/mol. The van der Waals surface area contributed by atoms with Crippen LogP contribution in [0, 0.1) is 0 Å². The summed E-state index contributed by atoms with van der Waals surface area (Å²) in [7, 11) is 0. The SMILES string of the molecule is CCOC(=O)/C=C(\C)NC(=O)Cn1nc(C(F)F)c(Cl)c1C1CC1. The van der Waals surface area contributed by atoms with Gasteiger partial charge in [0.15, 0.2) is 0 Å². The Morgan fingerprint density at radius 1 is 1.50 bits per heavy atom. The molecule has 132 valence electrons. The van der Waals surface area contributed by atoms with Crippen molar-refractivity contribution in [3.8, 4) is 0 Å². The lowest BCUT2D eigenvalue weighted by Gasteiger charge is -2.08. The van der Waals surface area contributed by atoms with Crippen molar-refractivity contribution in [3.05, 3.63) is 28.2 Å². The number of alkyl halides is 2. The van der Waals surface area contributed by atoms with E-state index in [0.717, 1.165) is 18.9 Å². The van der Waals surface area contributed by atoms with E-state index in [2.05, 4.69) is 10.4 Å². The predicted molar refractivity (Wildman–Crippen MR) is 82.7 cm³/mol. The van der Waals surface area contributed by atoms with Crippen molar-refractivity contribution < 1.29 is 23.1 Å². The number of nitrogens with one attached hydrogen (secondary N) is 1. The van der Waals surface area contributed by atoms with Gasteiger partial charge in [0.05, 0.1) is 17.3 Å². The van der Waals surface area contributed by atoms with Gasteiger partial charge in [-0.25, -0.2) is 13.6 Å². The number of rotatable bonds is 7. The third-order valence-electron chi connectivity index (χ3n) is 3.38. The molecule has 1 aliphatic rings. The maximum atomic E-state index is 12.9. The molecule has 0 aliphatic heterocycles. The highest BCUT2D eigenvalue weighted by Crippen LogP contribution is 2.45. The predicted octanol–water partition coefficient (Wildman–Crippen LogP) is 2.93. The van der Waals surface area contributed by atoms with Gasteiger partial charge in [-0.2, -0.15) is 5.10 Å². The Hall–Kier alpha value is -1.96. The largest absolute Gasteiger partial charge is 0.463 e. The normalized spacial score (nSPS) is 14.8. The van der Waals surface area contributed by atoms with Gasteiger partial charge in [-0.05, 0) is 26.7 Å². The van der Waals surface area contributed by atoms with Gasteiger partial charge in [0.25, 0.3) is 6.43 Å². The van der Waals surface area contributed by atoms with Crippen molar-refractivity contribution in [2.75, 3.05) is 6.61 Å². The molecule has 0 radical (unpaired) electrons. The highest BCUT2D eigenvalue weighted by atomic mass is 35.5. The molecule has 0 aromatic carbocycles. The van der Waals surface area contributed by atoms with Crippen LogP contribution in [0.4, 0.5) is 8.78 Å². The van der Waals surface area contributed by atoms with Crippen molar-refractivity contribution >= 4 is 23.5 Å². The number of carbonyl (C=O) groups excluding carboxylic acids is 2. The molecule has 24 heavy (non-hydrogen) atoms. The van der Waals surface area contributed by atoms with Gasteiger partial charge in [-0.15, -0.1) is 0 Å². The van der Waals surface area contributed by atoms with Crippen LogP contribution in [0.3, 0.4) is 0 Å². The Bertz CT molecular complexity index is 669. The molecule has 0 atom stereocenters. The molecule has 1 N–H and O–H groups in total. The number of esters is 1. The van der Waals surface area contributed by atoms with Crippen LogP contribution in [0.15, 0.2) is 11.8 Å². The van der Waals surface area contributed by atoms with Gasteiger partial charge < -0.3 is 10.1 Å². The van der Waals surface area contributed by atoms with Gasteiger partial charge in [0.1, 0.15) is 12.2 Å². The van der Waals surface area contributed by atoms with Crippen LogP contribution in [-0.4, -0.2) is 28.3 Å². The molecule has 9 heteroatoms. The van der Waals surface area contributed by atoms with E-state index in [1.54, 1.807) is 6.92 Å². The summed E-state index contributed by atoms with van der Waals surface area (Å²) in [5, 5.41) is 6.19. The Morgan fingerprint density at radius 2 is 2.17 bits per heavy atom. The molecule has 0 unspecified atom stereocenters. The minimum absolute atomic E-state index is 0.0569. The molecule has 2 rings (SSSR count). The Morgan fingerprint density at radius 3 is 2.71 bits per heavy atom. The number of hydrogen-bond acceptors (Lipinski definition) is 4. The van der Waals surface area contributed by atoms with Crippen molar-refractivity contribution in [1.82, 2.24) is 15.1 Å². The number of ether oxygens (including phenoxy) is 1. The number of amides is 1. The van der Waals surface area contributed by atoms with E-state index in [-0.39, 0.29) is 24.1 Å². The number of halogens is 3. The summed E-state index contributed by atoms with van der Waals surface area (Å²) < 4.78 is 31.8. The first-order valence-electron chi connectivity index (χ1n) is 7.52. The molecule has 1 aromatic rings. The van der Waals surface area contributed by atoms with Gasteiger partial charge in [0, 0.05) is 17.7 Å². The molecule has 1 fully saturated rings. The Balaban J connectivity index is 2.09. The highest BCUT2D eigenvalue weighted by molar-refractivity contribution is 6.32. The minimum atomic E-state index is -2.80. The number of allylic oxidation sites excluding steroid dienone is 1. The average molecular weight is 362 g/mol. The van der Waals surface area contributed by atoms with Crippen molar-refractivity contribution in [2.24, 2.45) is 0 Å². The molecule has 6 nitrogen and oxygen atoms in total. The van der Waals surface area contributed by atoms with Crippen LogP contribution in [0.5, 0.6) is 0 Å². The van der Waals surface area contributed by atoms with Crippen LogP contribution < -0.4 is 5.32 Å². The second-order valence-corrected chi connectivity index (χ2v) is 5.82. The third kappa shape index (κ3) is 4.53. The fourth-order valence-electron chi connectivity index (χ4n) is 2.27. The van der Waals surface area contributed by atoms with Crippen LogP contribution in [0.25, 0.3) is 0 Å². The fourth-order valence-corrected chi connectivity index (χ4v) is 2.64. The molecule has 1 amide bonds. The van der Waals surface area contributed by atoms with Crippen LogP contribution >= 0.6 is 11.6 Å². The van der Waals surface area contributed by atoms with E-state index in [1.807, 2.05) is 0 Å². The maximum Gasteiger partial charge on any atom is 0.332 e. The van der Waals surface area contributed by atoms with Crippen molar-refractivity contribution in [3.63, 3.8) is 0 Å². The Labute approximate surface area is 142 Å². The van der Waals surface area contributed by atoms with Gasteiger partial charge >= 0.3 is 5.97 Å². The van der Waals surface area contributed by atoms with E-state index in [1.165, 1.54) is 11.6 Å².